The molecule has 0 saturated heterocycles. The first-order valence-electron chi connectivity index (χ1n) is 2.32. The van der Waals surface area contributed by atoms with Crippen LogP contribution in [0.5, 0.6) is 0 Å². The first-order valence-corrected chi connectivity index (χ1v) is 2.32. The van der Waals surface area contributed by atoms with Gasteiger partial charge in [0.05, 0.1) is 0 Å². The van der Waals surface area contributed by atoms with E-state index in [-0.39, 0.29) is 0 Å². The van der Waals surface area contributed by atoms with Crippen LogP contribution in [0.15, 0.2) is 0 Å². The van der Waals surface area contributed by atoms with Crippen molar-refractivity contribution in [1.82, 2.24) is 0 Å². The molecule has 0 radical (unpaired) electrons. The monoisotopic (exact) mass is 164 g/mol. The van der Waals surface area contributed by atoms with Crippen LogP contribution in [0.4, 0.5) is 22.0 Å². The van der Waals surface area contributed by atoms with Crippen LogP contribution in [0.25, 0.3) is 0 Å². The van der Waals surface area contributed by atoms with Gasteiger partial charge >= 0.3 is 12.1 Å². The standard InChI is InChI=1S/C4H5F5O/c1-2(10)3(5,6)4(7,8)9/h2,10H,1H3/t2-/m1/s1. The fraction of sp³-hybridized carbons (Fsp3) is 1.00. The summed E-state index contributed by atoms with van der Waals surface area (Å²) in [6.45, 7) is 0.382. The van der Waals surface area contributed by atoms with Crippen molar-refractivity contribution in [3.63, 3.8) is 0 Å². The van der Waals surface area contributed by atoms with Gasteiger partial charge in [0.25, 0.3) is 0 Å². The van der Waals surface area contributed by atoms with Crippen molar-refractivity contribution in [2.45, 2.75) is 25.1 Å². The molecule has 0 heterocycles. The Morgan fingerprint density at radius 2 is 1.40 bits per heavy atom. The van der Waals surface area contributed by atoms with E-state index in [1.54, 1.807) is 0 Å². The van der Waals surface area contributed by atoms with Crippen LogP contribution in [0.2, 0.25) is 0 Å². The summed E-state index contributed by atoms with van der Waals surface area (Å²) in [7, 11) is 0. The Kier molecular flexibility index (Phi) is 2.24. The summed E-state index contributed by atoms with van der Waals surface area (Å²) in [5.41, 5.74) is 0. The summed E-state index contributed by atoms with van der Waals surface area (Å²) in [5, 5.41) is 7.95. The summed E-state index contributed by atoms with van der Waals surface area (Å²) >= 11 is 0. The molecule has 1 N–H and O–H groups in total. The predicted octanol–water partition coefficient (Wildman–Crippen LogP) is 1.56. The molecule has 62 valence electrons. The van der Waals surface area contributed by atoms with E-state index in [1.807, 2.05) is 0 Å². The largest absolute Gasteiger partial charge is 0.456 e. The lowest BCUT2D eigenvalue weighted by molar-refractivity contribution is -0.310. The van der Waals surface area contributed by atoms with Gasteiger partial charge in [0.1, 0.15) is 6.10 Å². The molecule has 0 amide bonds. The lowest BCUT2D eigenvalue weighted by Gasteiger charge is -2.21. The minimum Gasteiger partial charge on any atom is -0.387 e. The fourth-order valence-corrected chi connectivity index (χ4v) is 0.237. The van der Waals surface area contributed by atoms with Gasteiger partial charge in [0, 0.05) is 0 Å². The third-order valence-corrected chi connectivity index (χ3v) is 0.903. The fourth-order valence-electron chi connectivity index (χ4n) is 0.237. The zero-order valence-corrected chi connectivity index (χ0v) is 4.91. The number of rotatable bonds is 1. The molecule has 1 atom stereocenters. The zero-order valence-electron chi connectivity index (χ0n) is 4.91. The van der Waals surface area contributed by atoms with E-state index in [1.165, 1.54) is 0 Å². The number of hydrogen-bond acceptors (Lipinski definition) is 1. The van der Waals surface area contributed by atoms with Gasteiger partial charge in [-0.05, 0) is 6.92 Å². The third kappa shape index (κ3) is 1.56. The van der Waals surface area contributed by atoms with Crippen molar-refractivity contribution in [3.8, 4) is 0 Å². The molecule has 0 aromatic carbocycles. The minimum atomic E-state index is -5.67. The van der Waals surface area contributed by atoms with Crippen LogP contribution in [0, 0.1) is 0 Å². The summed E-state index contributed by atoms with van der Waals surface area (Å²) in [6.07, 6.45) is -8.37. The number of alkyl halides is 5. The van der Waals surface area contributed by atoms with Crippen LogP contribution in [0.3, 0.4) is 0 Å². The molecule has 0 aliphatic heterocycles. The summed E-state index contributed by atoms with van der Waals surface area (Å²) in [5.74, 6) is -5.01. The van der Waals surface area contributed by atoms with Gasteiger partial charge in [-0.15, -0.1) is 0 Å². The van der Waals surface area contributed by atoms with Crippen LogP contribution < -0.4 is 0 Å². The van der Waals surface area contributed by atoms with Gasteiger partial charge in [-0.1, -0.05) is 0 Å². The van der Waals surface area contributed by atoms with E-state index in [0.29, 0.717) is 6.92 Å². The third-order valence-electron chi connectivity index (χ3n) is 0.903. The molecular formula is C4H5F5O. The second-order valence-corrected chi connectivity index (χ2v) is 1.80. The van der Waals surface area contributed by atoms with Crippen molar-refractivity contribution in [1.29, 1.82) is 0 Å². The van der Waals surface area contributed by atoms with Crippen LogP contribution >= 0.6 is 0 Å². The maximum Gasteiger partial charge on any atom is 0.456 e. The molecule has 10 heavy (non-hydrogen) atoms. The highest BCUT2D eigenvalue weighted by Gasteiger charge is 2.60. The Balaban J connectivity index is 4.40. The Morgan fingerprint density at radius 3 is 1.40 bits per heavy atom. The van der Waals surface area contributed by atoms with Crippen LogP contribution in [0.1, 0.15) is 6.92 Å². The predicted molar refractivity (Wildman–Crippen MR) is 22.7 cm³/mol. The van der Waals surface area contributed by atoms with Gasteiger partial charge in [0.2, 0.25) is 0 Å². The maximum absolute atomic E-state index is 11.7. The second kappa shape index (κ2) is 2.34. The molecule has 1 nitrogen and oxygen atoms in total. The Labute approximate surface area is 53.5 Å². The Bertz CT molecular complexity index is 115. The normalized spacial score (nSPS) is 17.1. The molecule has 0 aromatic rings. The van der Waals surface area contributed by atoms with Crippen molar-refractivity contribution >= 4 is 0 Å². The highest BCUT2D eigenvalue weighted by molar-refractivity contribution is 4.80. The first-order chi connectivity index (χ1) is 4.19. The highest BCUT2D eigenvalue weighted by Crippen LogP contribution is 2.37. The number of aliphatic hydroxyl groups excluding tert-OH is 1. The number of halogens is 5. The molecular weight excluding hydrogens is 159 g/mol. The average Bonchev–Trinajstić information content (AvgIpc) is 1.62. The van der Waals surface area contributed by atoms with E-state index >= 15 is 0 Å². The number of hydrogen-bond donors (Lipinski definition) is 1. The average molecular weight is 164 g/mol. The van der Waals surface area contributed by atoms with E-state index < -0.39 is 18.2 Å². The molecule has 0 aliphatic carbocycles. The molecule has 0 aromatic heterocycles. The SMILES string of the molecule is C[C@@H](O)C(F)(F)C(F)(F)F. The van der Waals surface area contributed by atoms with Crippen LogP contribution in [-0.4, -0.2) is 23.3 Å². The lowest BCUT2D eigenvalue weighted by Crippen LogP contribution is -2.45. The minimum absolute atomic E-state index is 0.382. The van der Waals surface area contributed by atoms with E-state index in [2.05, 4.69) is 0 Å². The molecule has 0 bridgehead atoms. The van der Waals surface area contributed by atoms with Gasteiger partial charge in [-0.3, -0.25) is 0 Å². The van der Waals surface area contributed by atoms with Gasteiger partial charge in [-0.25, -0.2) is 0 Å². The smallest absolute Gasteiger partial charge is 0.387 e. The Morgan fingerprint density at radius 1 is 1.10 bits per heavy atom. The van der Waals surface area contributed by atoms with E-state index in [4.69, 9.17) is 5.11 Å². The van der Waals surface area contributed by atoms with Gasteiger partial charge in [-0.2, -0.15) is 22.0 Å². The Hall–Kier alpha value is -0.390. The van der Waals surface area contributed by atoms with Crippen molar-refractivity contribution < 1.29 is 27.1 Å². The molecule has 0 fully saturated rings. The maximum atomic E-state index is 11.7. The highest BCUT2D eigenvalue weighted by atomic mass is 19.4. The lowest BCUT2D eigenvalue weighted by atomic mass is 10.2. The number of aliphatic hydroxyl groups is 1. The van der Waals surface area contributed by atoms with Crippen molar-refractivity contribution in [2.24, 2.45) is 0 Å². The molecule has 0 aliphatic rings. The summed E-state index contributed by atoms with van der Waals surface area (Å²) < 4.78 is 56.9. The summed E-state index contributed by atoms with van der Waals surface area (Å²) in [4.78, 5) is 0. The van der Waals surface area contributed by atoms with Crippen LogP contribution in [-0.2, 0) is 0 Å². The molecule has 0 saturated carbocycles. The quantitative estimate of drug-likeness (QED) is 0.583. The molecule has 6 heteroatoms. The van der Waals surface area contributed by atoms with E-state index in [0.717, 1.165) is 0 Å². The van der Waals surface area contributed by atoms with Crippen molar-refractivity contribution in [3.05, 3.63) is 0 Å². The molecule has 0 unspecified atom stereocenters. The second-order valence-electron chi connectivity index (χ2n) is 1.80. The molecule has 0 spiro atoms. The van der Waals surface area contributed by atoms with Gasteiger partial charge in [0.15, 0.2) is 0 Å². The zero-order chi connectivity index (χ0) is 8.58. The topological polar surface area (TPSA) is 20.2 Å². The van der Waals surface area contributed by atoms with Crippen molar-refractivity contribution in [2.75, 3.05) is 0 Å². The molecule has 0 rings (SSSR count). The summed E-state index contributed by atoms with van der Waals surface area (Å²) in [6, 6.07) is 0. The van der Waals surface area contributed by atoms with Gasteiger partial charge < -0.3 is 5.11 Å². The van der Waals surface area contributed by atoms with E-state index in [9.17, 15) is 22.0 Å². The first kappa shape index (κ1) is 9.61.